The van der Waals surface area contributed by atoms with Crippen molar-refractivity contribution in [1.29, 1.82) is 0 Å². The highest BCUT2D eigenvalue weighted by atomic mass is 35.5. The van der Waals surface area contributed by atoms with Crippen LogP contribution in [0.5, 0.6) is 0 Å². The summed E-state index contributed by atoms with van der Waals surface area (Å²) in [6.45, 7) is 1.84. The van der Waals surface area contributed by atoms with Gasteiger partial charge < -0.3 is 11.1 Å². The van der Waals surface area contributed by atoms with Gasteiger partial charge in [-0.05, 0) is 36.8 Å². The average molecular weight is 311 g/mol. The Bertz CT molecular complexity index is 704. The first-order valence-electron chi connectivity index (χ1n) is 6.16. The minimum Gasteiger partial charge on any atom is -0.381 e. The second-order valence-corrected chi connectivity index (χ2v) is 4.99. The maximum atomic E-state index is 13.7. The third-order valence-corrected chi connectivity index (χ3v) is 3.47. The molecule has 0 heterocycles. The van der Waals surface area contributed by atoms with Crippen LogP contribution in [0.1, 0.15) is 21.5 Å². The Morgan fingerprint density at radius 3 is 2.62 bits per heavy atom. The molecule has 0 unspecified atom stereocenters. The van der Waals surface area contributed by atoms with Crippen molar-refractivity contribution >= 4 is 23.2 Å². The predicted octanol–water partition coefficient (Wildman–Crippen LogP) is 3.64. The Kier molecular flexibility index (Phi) is 4.43. The second-order valence-electron chi connectivity index (χ2n) is 4.58. The monoisotopic (exact) mass is 310 g/mol. The van der Waals surface area contributed by atoms with Gasteiger partial charge in [0.25, 0.3) is 0 Å². The van der Waals surface area contributed by atoms with E-state index in [9.17, 15) is 13.6 Å². The number of hydrogen-bond acceptors (Lipinski definition) is 2. The first-order valence-corrected chi connectivity index (χ1v) is 6.54. The largest absolute Gasteiger partial charge is 0.381 e. The van der Waals surface area contributed by atoms with E-state index in [0.717, 1.165) is 6.07 Å². The third-order valence-electron chi connectivity index (χ3n) is 3.11. The molecule has 110 valence electrons. The molecule has 3 nitrogen and oxygen atoms in total. The number of anilines is 1. The number of benzene rings is 2. The molecule has 0 aliphatic heterocycles. The van der Waals surface area contributed by atoms with Crippen LogP contribution in [0, 0.1) is 18.6 Å². The van der Waals surface area contributed by atoms with E-state index in [1.807, 2.05) is 0 Å². The van der Waals surface area contributed by atoms with Crippen LogP contribution >= 0.6 is 11.6 Å². The predicted molar refractivity (Wildman–Crippen MR) is 78.4 cm³/mol. The molecule has 0 aliphatic carbocycles. The smallest absolute Gasteiger partial charge is 0.248 e. The molecule has 2 aromatic carbocycles. The van der Waals surface area contributed by atoms with Crippen molar-refractivity contribution in [1.82, 2.24) is 0 Å². The van der Waals surface area contributed by atoms with Gasteiger partial charge in [-0.2, -0.15) is 0 Å². The molecule has 0 atom stereocenters. The van der Waals surface area contributed by atoms with Gasteiger partial charge in [0.2, 0.25) is 5.91 Å². The van der Waals surface area contributed by atoms with Crippen LogP contribution in [0.3, 0.4) is 0 Å². The number of hydrogen-bond donors (Lipinski definition) is 2. The molecule has 0 bridgehead atoms. The molecule has 0 aliphatic rings. The Labute approximate surface area is 125 Å². The van der Waals surface area contributed by atoms with E-state index in [1.165, 1.54) is 24.3 Å². The molecule has 0 spiro atoms. The topological polar surface area (TPSA) is 55.1 Å². The summed E-state index contributed by atoms with van der Waals surface area (Å²) in [5.74, 6) is -1.67. The summed E-state index contributed by atoms with van der Waals surface area (Å²) < 4.78 is 26.7. The van der Waals surface area contributed by atoms with Crippen LogP contribution in [0.2, 0.25) is 5.02 Å². The van der Waals surface area contributed by atoms with Crippen LogP contribution in [-0.2, 0) is 6.54 Å². The molecule has 21 heavy (non-hydrogen) atoms. The van der Waals surface area contributed by atoms with Crippen LogP contribution in [0.25, 0.3) is 0 Å². The Morgan fingerprint density at radius 1 is 1.29 bits per heavy atom. The summed E-state index contributed by atoms with van der Waals surface area (Å²) in [6, 6.07) is 6.59. The van der Waals surface area contributed by atoms with E-state index in [0.29, 0.717) is 16.8 Å². The zero-order valence-electron chi connectivity index (χ0n) is 11.2. The van der Waals surface area contributed by atoms with Crippen molar-refractivity contribution in [3.8, 4) is 0 Å². The van der Waals surface area contributed by atoms with Crippen molar-refractivity contribution in [2.24, 2.45) is 5.73 Å². The molecule has 0 aromatic heterocycles. The number of nitrogens with one attached hydrogen (secondary N) is 1. The number of rotatable bonds is 4. The number of primary amides is 1. The number of amides is 1. The summed E-state index contributed by atoms with van der Waals surface area (Å²) in [5, 5.41) is 3.24. The standard InChI is InChI=1S/C15H13ClF2N2O/c1-8-13(18)4-10(15(19)21)5-14(8)20-7-9-2-3-11(17)6-12(9)16/h2-6,20H,7H2,1H3,(H2,19,21). The van der Waals surface area contributed by atoms with Crippen LogP contribution in [0.4, 0.5) is 14.5 Å². The fourth-order valence-electron chi connectivity index (χ4n) is 1.86. The SMILES string of the molecule is Cc1c(F)cc(C(N)=O)cc1NCc1ccc(F)cc1Cl. The van der Waals surface area contributed by atoms with E-state index < -0.39 is 17.5 Å². The van der Waals surface area contributed by atoms with Crippen molar-refractivity contribution < 1.29 is 13.6 Å². The molecule has 2 rings (SSSR count). The maximum absolute atomic E-state index is 13.7. The van der Waals surface area contributed by atoms with Gasteiger partial charge in [-0.3, -0.25) is 4.79 Å². The number of carbonyl (C=O) groups is 1. The minimum absolute atomic E-state index is 0.0748. The van der Waals surface area contributed by atoms with Crippen molar-refractivity contribution in [2.75, 3.05) is 5.32 Å². The van der Waals surface area contributed by atoms with Gasteiger partial charge in [-0.15, -0.1) is 0 Å². The second kappa shape index (κ2) is 6.10. The summed E-state index contributed by atoms with van der Waals surface area (Å²) in [5.41, 5.74) is 6.68. The molecule has 2 aromatic rings. The van der Waals surface area contributed by atoms with E-state index in [2.05, 4.69) is 5.32 Å². The van der Waals surface area contributed by atoms with E-state index in [1.54, 1.807) is 6.92 Å². The van der Waals surface area contributed by atoms with Gasteiger partial charge in [-0.25, -0.2) is 8.78 Å². The highest BCUT2D eigenvalue weighted by Crippen LogP contribution is 2.23. The quantitative estimate of drug-likeness (QED) is 0.906. The van der Waals surface area contributed by atoms with Crippen LogP contribution < -0.4 is 11.1 Å². The Hall–Kier alpha value is -2.14. The molecule has 3 N–H and O–H groups in total. The fourth-order valence-corrected chi connectivity index (χ4v) is 2.09. The molecule has 1 amide bonds. The van der Waals surface area contributed by atoms with Gasteiger partial charge in [0, 0.05) is 28.4 Å². The molecular weight excluding hydrogens is 298 g/mol. The summed E-state index contributed by atoms with van der Waals surface area (Å²) in [4.78, 5) is 11.1. The van der Waals surface area contributed by atoms with Crippen molar-refractivity contribution in [2.45, 2.75) is 13.5 Å². The van der Waals surface area contributed by atoms with Crippen LogP contribution in [0.15, 0.2) is 30.3 Å². The van der Waals surface area contributed by atoms with Gasteiger partial charge in [0.05, 0.1) is 0 Å². The fraction of sp³-hybridized carbons (Fsp3) is 0.133. The zero-order chi connectivity index (χ0) is 15.6. The first kappa shape index (κ1) is 15.3. The molecule has 0 saturated carbocycles. The highest BCUT2D eigenvalue weighted by molar-refractivity contribution is 6.31. The van der Waals surface area contributed by atoms with Crippen LogP contribution in [-0.4, -0.2) is 5.91 Å². The number of nitrogens with two attached hydrogens (primary N) is 1. The maximum Gasteiger partial charge on any atom is 0.248 e. The van der Waals surface area contributed by atoms with Gasteiger partial charge in [0.1, 0.15) is 11.6 Å². The first-order chi connectivity index (χ1) is 9.88. The lowest BCUT2D eigenvalue weighted by Gasteiger charge is -2.12. The summed E-state index contributed by atoms with van der Waals surface area (Å²) in [7, 11) is 0. The minimum atomic E-state index is -0.711. The number of halogens is 3. The lowest BCUT2D eigenvalue weighted by atomic mass is 10.1. The molecular formula is C15H13ClF2N2O. The Balaban J connectivity index is 2.25. The van der Waals surface area contributed by atoms with E-state index in [4.69, 9.17) is 17.3 Å². The molecule has 0 fully saturated rings. The average Bonchev–Trinajstić information content (AvgIpc) is 2.41. The van der Waals surface area contributed by atoms with Gasteiger partial charge in [0.15, 0.2) is 0 Å². The highest BCUT2D eigenvalue weighted by Gasteiger charge is 2.11. The lowest BCUT2D eigenvalue weighted by molar-refractivity contribution is 0.1000. The van der Waals surface area contributed by atoms with Gasteiger partial charge >= 0.3 is 0 Å². The zero-order valence-corrected chi connectivity index (χ0v) is 12.0. The molecule has 0 radical (unpaired) electrons. The molecule has 0 saturated heterocycles. The van der Waals surface area contributed by atoms with Crippen molar-refractivity contribution in [3.63, 3.8) is 0 Å². The van der Waals surface area contributed by atoms with E-state index >= 15 is 0 Å². The normalized spacial score (nSPS) is 10.5. The van der Waals surface area contributed by atoms with Gasteiger partial charge in [-0.1, -0.05) is 17.7 Å². The van der Waals surface area contributed by atoms with Crippen molar-refractivity contribution in [3.05, 3.63) is 63.7 Å². The van der Waals surface area contributed by atoms with E-state index in [-0.39, 0.29) is 17.1 Å². The molecule has 6 heteroatoms. The summed E-state index contributed by atoms with van der Waals surface area (Å²) >= 11 is 5.92. The Morgan fingerprint density at radius 2 is 2.00 bits per heavy atom. The third kappa shape index (κ3) is 3.49. The number of carbonyl (C=O) groups excluding carboxylic acids is 1. The summed E-state index contributed by atoms with van der Waals surface area (Å²) in [6.07, 6.45) is 0. The lowest BCUT2D eigenvalue weighted by Crippen LogP contribution is -2.13.